The van der Waals surface area contributed by atoms with Crippen molar-refractivity contribution in [2.75, 3.05) is 5.32 Å². The number of hydrogen-bond donors (Lipinski definition) is 1. The highest BCUT2D eigenvalue weighted by Crippen LogP contribution is 2.21. The van der Waals surface area contributed by atoms with Crippen LogP contribution >= 0.6 is 11.7 Å². The number of nitrogens with zero attached hydrogens (tertiary/aromatic N) is 6. The van der Waals surface area contributed by atoms with Gasteiger partial charge in [-0.2, -0.15) is 8.75 Å². The Morgan fingerprint density at radius 2 is 2.09 bits per heavy atom. The molecule has 9 heteroatoms. The second kappa shape index (κ2) is 5.54. The molecule has 0 aliphatic heterocycles. The second-order valence-electron chi connectivity index (χ2n) is 4.64. The van der Waals surface area contributed by atoms with Gasteiger partial charge in [0.2, 0.25) is 0 Å². The molecule has 112 valence electrons. The van der Waals surface area contributed by atoms with E-state index >= 15 is 0 Å². The number of carbonyl (C=O) groups excluding carboxylic acids is 1. The van der Waals surface area contributed by atoms with Crippen LogP contribution in [-0.2, 0) is 0 Å². The summed E-state index contributed by atoms with van der Waals surface area (Å²) in [6.45, 7) is 0. The van der Waals surface area contributed by atoms with Gasteiger partial charge in [-0.3, -0.25) is 9.36 Å². The average Bonchev–Trinajstić information content (AvgIpc) is 3.27. The van der Waals surface area contributed by atoms with Crippen LogP contribution in [0.2, 0.25) is 0 Å². The second-order valence-corrected chi connectivity index (χ2v) is 5.17. The van der Waals surface area contributed by atoms with Crippen LogP contribution in [0.25, 0.3) is 16.9 Å². The van der Waals surface area contributed by atoms with Gasteiger partial charge in [-0.25, -0.2) is 4.98 Å². The molecule has 0 bridgehead atoms. The van der Waals surface area contributed by atoms with Crippen molar-refractivity contribution in [3.8, 4) is 5.82 Å². The van der Waals surface area contributed by atoms with Crippen molar-refractivity contribution in [2.45, 2.75) is 0 Å². The van der Waals surface area contributed by atoms with Gasteiger partial charge in [0, 0.05) is 12.4 Å². The number of benzene rings is 1. The number of imidazole rings is 1. The lowest BCUT2D eigenvalue weighted by atomic mass is 10.2. The van der Waals surface area contributed by atoms with Crippen LogP contribution in [0.3, 0.4) is 0 Å². The van der Waals surface area contributed by atoms with E-state index in [2.05, 4.69) is 29.2 Å². The first-order valence-electron chi connectivity index (χ1n) is 6.66. The Hall–Kier alpha value is -3.20. The third-order valence-corrected chi connectivity index (χ3v) is 3.73. The maximum atomic E-state index is 12.3. The van der Waals surface area contributed by atoms with E-state index in [-0.39, 0.29) is 11.6 Å². The molecule has 4 rings (SSSR count). The maximum Gasteiger partial charge on any atom is 0.276 e. The van der Waals surface area contributed by atoms with Crippen LogP contribution in [-0.4, -0.2) is 34.4 Å². The van der Waals surface area contributed by atoms with Crippen molar-refractivity contribution in [1.29, 1.82) is 0 Å². The third kappa shape index (κ3) is 2.53. The normalized spacial score (nSPS) is 10.8. The minimum Gasteiger partial charge on any atom is -0.319 e. The van der Waals surface area contributed by atoms with E-state index in [0.717, 1.165) is 17.2 Å². The van der Waals surface area contributed by atoms with Crippen molar-refractivity contribution in [3.63, 3.8) is 0 Å². The smallest absolute Gasteiger partial charge is 0.276 e. The largest absolute Gasteiger partial charge is 0.319 e. The molecule has 0 saturated heterocycles. The Morgan fingerprint density at radius 3 is 2.87 bits per heavy atom. The number of anilines is 1. The van der Waals surface area contributed by atoms with Crippen molar-refractivity contribution in [3.05, 3.63) is 54.7 Å². The zero-order valence-corrected chi connectivity index (χ0v) is 12.4. The first kappa shape index (κ1) is 13.5. The van der Waals surface area contributed by atoms with Gasteiger partial charge in [0.05, 0.1) is 17.4 Å². The molecule has 0 unspecified atom stereocenters. The Bertz CT molecular complexity index is 962. The molecule has 23 heavy (non-hydrogen) atoms. The summed E-state index contributed by atoms with van der Waals surface area (Å²) in [6.07, 6.45) is 5.00. The van der Waals surface area contributed by atoms with Crippen molar-refractivity contribution < 1.29 is 4.79 Å². The predicted molar refractivity (Wildman–Crippen MR) is 84.5 cm³/mol. The molecule has 0 radical (unpaired) electrons. The molecule has 0 spiro atoms. The Balaban J connectivity index is 1.58. The molecule has 1 aromatic carbocycles. The first-order chi connectivity index (χ1) is 11.3. The average molecular weight is 323 g/mol. The fraction of sp³-hybridized carbons (Fsp3) is 0. The molecule has 1 amide bonds. The minimum atomic E-state index is -0.352. The minimum absolute atomic E-state index is 0.217. The zero-order chi connectivity index (χ0) is 15.6. The highest BCUT2D eigenvalue weighted by Gasteiger charge is 2.12. The van der Waals surface area contributed by atoms with Gasteiger partial charge < -0.3 is 5.32 Å². The molecule has 0 atom stereocenters. The summed E-state index contributed by atoms with van der Waals surface area (Å²) in [6, 6.07) is 8.74. The Morgan fingerprint density at radius 1 is 1.13 bits per heavy atom. The molecule has 1 N–H and O–H groups in total. The van der Waals surface area contributed by atoms with Crippen LogP contribution < -0.4 is 5.32 Å². The number of fused-ring (bicyclic) bond motifs is 1. The number of rotatable bonds is 3. The summed E-state index contributed by atoms with van der Waals surface area (Å²) in [7, 11) is 0. The molecule has 0 aliphatic rings. The predicted octanol–water partition coefficient (Wildman–Crippen LogP) is 1.92. The van der Waals surface area contributed by atoms with Gasteiger partial charge in [0.25, 0.3) is 5.91 Å². The topological polar surface area (TPSA) is 98.5 Å². The number of amides is 1. The summed E-state index contributed by atoms with van der Waals surface area (Å²) in [5.74, 6) is 0.236. The van der Waals surface area contributed by atoms with Crippen molar-refractivity contribution in [2.24, 2.45) is 0 Å². The molecule has 8 nitrogen and oxygen atoms in total. The summed E-state index contributed by atoms with van der Waals surface area (Å²) in [5, 5.41) is 10.8. The van der Waals surface area contributed by atoms with E-state index in [1.165, 1.54) is 0 Å². The molecule has 0 aliphatic carbocycles. The van der Waals surface area contributed by atoms with Crippen molar-refractivity contribution in [1.82, 2.24) is 28.5 Å². The summed E-state index contributed by atoms with van der Waals surface area (Å²) in [5.41, 5.74) is 2.22. The number of carbonyl (C=O) groups is 1. The van der Waals surface area contributed by atoms with Crippen LogP contribution in [0.15, 0.2) is 49.1 Å². The van der Waals surface area contributed by atoms with E-state index in [1.54, 1.807) is 41.5 Å². The van der Waals surface area contributed by atoms with E-state index < -0.39 is 0 Å². The Labute approximate surface area is 134 Å². The van der Waals surface area contributed by atoms with Gasteiger partial charge in [0.15, 0.2) is 11.5 Å². The highest BCUT2D eigenvalue weighted by atomic mass is 32.1. The fourth-order valence-electron chi connectivity index (χ4n) is 2.07. The quantitative estimate of drug-likeness (QED) is 0.618. The van der Waals surface area contributed by atoms with Crippen LogP contribution in [0.1, 0.15) is 10.5 Å². The molecular formula is C14H9N7OS. The lowest BCUT2D eigenvalue weighted by Gasteiger charge is -2.05. The molecular weight excluding hydrogens is 314 g/mol. The molecule has 3 aromatic heterocycles. The molecule has 0 saturated carbocycles. The lowest BCUT2D eigenvalue weighted by Crippen LogP contribution is -2.15. The molecule has 3 heterocycles. The first-order valence-corrected chi connectivity index (χ1v) is 7.39. The summed E-state index contributed by atoms with van der Waals surface area (Å²) in [4.78, 5) is 16.2. The zero-order valence-electron chi connectivity index (χ0n) is 11.6. The van der Waals surface area contributed by atoms with Gasteiger partial charge in [0.1, 0.15) is 17.4 Å². The molecule has 4 aromatic rings. The van der Waals surface area contributed by atoms with Gasteiger partial charge in [-0.15, -0.1) is 10.2 Å². The lowest BCUT2D eigenvalue weighted by molar-refractivity contribution is 0.102. The standard InChI is InChI=1S/C14H9N7OS/c22-14(16-9-2-1-3-10-13(9)20-23-19-10)11-4-5-12(18-17-11)21-7-6-15-8-21/h1-8H,(H,16,22). The van der Waals surface area contributed by atoms with Crippen LogP contribution in [0.4, 0.5) is 5.69 Å². The number of aromatic nitrogens is 6. The monoisotopic (exact) mass is 323 g/mol. The van der Waals surface area contributed by atoms with Crippen LogP contribution in [0, 0.1) is 0 Å². The van der Waals surface area contributed by atoms with Crippen molar-refractivity contribution >= 4 is 34.4 Å². The number of hydrogen-bond acceptors (Lipinski definition) is 7. The van der Waals surface area contributed by atoms with Gasteiger partial charge in [-0.05, 0) is 24.3 Å². The fourth-order valence-corrected chi connectivity index (χ4v) is 2.62. The third-order valence-electron chi connectivity index (χ3n) is 3.19. The van der Waals surface area contributed by atoms with E-state index in [9.17, 15) is 4.79 Å². The Kier molecular flexibility index (Phi) is 3.24. The summed E-state index contributed by atoms with van der Waals surface area (Å²) < 4.78 is 10.0. The highest BCUT2D eigenvalue weighted by molar-refractivity contribution is 7.00. The molecule has 0 fully saturated rings. The van der Waals surface area contributed by atoms with E-state index in [0.29, 0.717) is 17.0 Å². The summed E-state index contributed by atoms with van der Waals surface area (Å²) >= 11 is 1.10. The van der Waals surface area contributed by atoms with Gasteiger partial charge >= 0.3 is 0 Å². The van der Waals surface area contributed by atoms with Gasteiger partial charge in [-0.1, -0.05) is 6.07 Å². The SMILES string of the molecule is O=C(Nc1cccc2nsnc12)c1ccc(-n2ccnc2)nn1. The van der Waals surface area contributed by atoms with E-state index in [1.807, 2.05) is 12.1 Å². The van der Waals surface area contributed by atoms with E-state index in [4.69, 9.17) is 0 Å². The van der Waals surface area contributed by atoms with Crippen LogP contribution in [0.5, 0.6) is 0 Å². The number of nitrogens with one attached hydrogen (secondary N) is 1. The maximum absolute atomic E-state index is 12.3.